The van der Waals surface area contributed by atoms with E-state index in [1.54, 1.807) is 6.07 Å². The summed E-state index contributed by atoms with van der Waals surface area (Å²) >= 11 is 0. The van der Waals surface area contributed by atoms with Gasteiger partial charge >= 0.3 is 0 Å². The fraction of sp³-hybridized carbons (Fsp3) is 0.350. The van der Waals surface area contributed by atoms with Gasteiger partial charge in [0.1, 0.15) is 0 Å². The molecule has 3 rings (SSSR count). The largest absolute Gasteiger partial charge is 0.356 e. The van der Waals surface area contributed by atoms with Crippen molar-refractivity contribution in [2.24, 2.45) is 5.92 Å². The van der Waals surface area contributed by atoms with Crippen LogP contribution in [0.5, 0.6) is 0 Å². The molecule has 2 nitrogen and oxygen atoms in total. The number of amides is 1. The topological polar surface area (TPSA) is 29.1 Å². The Kier molecular flexibility index (Phi) is 4.93. The van der Waals surface area contributed by atoms with Crippen LogP contribution < -0.4 is 5.32 Å². The minimum absolute atomic E-state index is 0.00462. The van der Waals surface area contributed by atoms with Crippen LogP contribution in [-0.2, 0) is 4.79 Å². The fourth-order valence-corrected chi connectivity index (χ4v) is 3.09. The predicted octanol–water partition coefficient (Wildman–Crippen LogP) is 4.38. The molecular formula is C20H21F2NO. The Morgan fingerprint density at radius 1 is 1.17 bits per heavy atom. The van der Waals surface area contributed by atoms with Gasteiger partial charge in [0.25, 0.3) is 0 Å². The molecular weight excluding hydrogens is 308 g/mol. The SMILES string of the molecule is CC(CCNC(=O)C1CC1c1ccc(F)c(F)c1)c1ccccc1. The molecule has 0 radical (unpaired) electrons. The van der Waals surface area contributed by atoms with Gasteiger partial charge in [-0.05, 0) is 47.9 Å². The molecule has 2 aromatic carbocycles. The number of benzene rings is 2. The Labute approximate surface area is 140 Å². The van der Waals surface area contributed by atoms with Gasteiger partial charge < -0.3 is 5.32 Å². The standard InChI is InChI=1S/C20H21F2NO/c1-13(14-5-3-2-4-6-14)9-10-23-20(24)17-12-16(17)15-7-8-18(21)19(22)11-15/h2-8,11,13,16-17H,9-10,12H2,1H3,(H,23,24). The maximum absolute atomic E-state index is 13.3. The average molecular weight is 329 g/mol. The number of hydrogen-bond acceptors (Lipinski definition) is 1. The van der Waals surface area contributed by atoms with Crippen LogP contribution in [0.15, 0.2) is 48.5 Å². The molecule has 1 N–H and O–H groups in total. The van der Waals surface area contributed by atoms with Crippen molar-refractivity contribution in [3.05, 3.63) is 71.3 Å². The summed E-state index contributed by atoms with van der Waals surface area (Å²) in [6.07, 6.45) is 1.57. The van der Waals surface area contributed by atoms with Crippen molar-refractivity contribution >= 4 is 5.91 Å². The van der Waals surface area contributed by atoms with Crippen molar-refractivity contribution < 1.29 is 13.6 Å². The minimum Gasteiger partial charge on any atom is -0.356 e. The lowest BCUT2D eigenvalue weighted by Crippen LogP contribution is -2.27. The number of carbonyl (C=O) groups excluding carboxylic acids is 1. The van der Waals surface area contributed by atoms with Crippen LogP contribution in [0.2, 0.25) is 0 Å². The van der Waals surface area contributed by atoms with Gasteiger partial charge in [0.2, 0.25) is 5.91 Å². The fourth-order valence-electron chi connectivity index (χ4n) is 3.09. The zero-order valence-corrected chi connectivity index (χ0v) is 13.6. The summed E-state index contributed by atoms with van der Waals surface area (Å²) in [5.74, 6) is -1.43. The lowest BCUT2D eigenvalue weighted by molar-refractivity contribution is -0.122. The number of hydrogen-bond donors (Lipinski definition) is 1. The molecule has 3 atom stereocenters. The molecule has 1 amide bonds. The second-order valence-corrected chi connectivity index (χ2v) is 6.51. The second-order valence-electron chi connectivity index (χ2n) is 6.51. The molecule has 126 valence electrons. The Bertz CT molecular complexity index is 717. The highest BCUT2D eigenvalue weighted by molar-refractivity contribution is 5.82. The van der Waals surface area contributed by atoms with Crippen molar-refractivity contribution in [3.63, 3.8) is 0 Å². The first-order valence-corrected chi connectivity index (χ1v) is 8.34. The molecule has 0 heterocycles. The Hall–Kier alpha value is -2.23. The normalized spacial score (nSPS) is 20.5. The highest BCUT2D eigenvalue weighted by Gasteiger charge is 2.44. The first-order valence-electron chi connectivity index (χ1n) is 8.34. The van der Waals surface area contributed by atoms with Crippen LogP contribution in [0.4, 0.5) is 8.78 Å². The van der Waals surface area contributed by atoms with Crippen molar-refractivity contribution in [1.82, 2.24) is 5.32 Å². The van der Waals surface area contributed by atoms with Gasteiger partial charge in [0.15, 0.2) is 11.6 Å². The maximum Gasteiger partial charge on any atom is 0.223 e. The molecule has 1 aliphatic carbocycles. The summed E-state index contributed by atoms with van der Waals surface area (Å²) in [6.45, 7) is 2.76. The van der Waals surface area contributed by atoms with Gasteiger partial charge in [0.05, 0.1) is 0 Å². The molecule has 0 aliphatic heterocycles. The van der Waals surface area contributed by atoms with Gasteiger partial charge in [-0.1, -0.05) is 43.3 Å². The van der Waals surface area contributed by atoms with Crippen LogP contribution in [0.3, 0.4) is 0 Å². The smallest absolute Gasteiger partial charge is 0.223 e. The average Bonchev–Trinajstić information content (AvgIpc) is 3.39. The van der Waals surface area contributed by atoms with E-state index in [0.717, 1.165) is 12.5 Å². The van der Waals surface area contributed by atoms with E-state index in [2.05, 4.69) is 24.4 Å². The lowest BCUT2D eigenvalue weighted by Gasteiger charge is -2.12. The number of nitrogens with one attached hydrogen (secondary N) is 1. The third kappa shape index (κ3) is 3.81. The minimum atomic E-state index is -0.852. The molecule has 3 unspecified atom stereocenters. The molecule has 1 aliphatic rings. The van der Waals surface area contributed by atoms with Gasteiger partial charge in [-0.15, -0.1) is 0 Å². The molecule has 0 aromatic heterocycles. The van der Waals surface area contributed by atoms with Gasteiger partial charge in [-0.25, -0.2) is 8.78 Å². The highest BCUT2D eigenvalue weighted by Crippen LogP contribution is 2.47. The molecule has 1 saturated carbocycles. The summed E-state index contributed by atoms with van der Waals surface area (Å²) in [4.78, 5) is 12.2. The summed E-state index contributed by atoms with van der Waals surface area (Å²) in [5.41, 5.74) is 1.96. The molecule has 0 bridgehead atoms. The van der Waals surface area contributed by atoms with Gasteiger partial charge in [-0.2, -0.15) is 0 Å². The molecule has 0 spiro atoms. The van der Waals surface area contributed by atoms with E-state index in [9.17, 15) is 13.6 Å². The van der Waals surface area contributed by atoms with Crippen LogP contribution in [-0.4, -0.2) is 12.5 Å². The zero-order chi connectivity index (χ0) is 17.1. The highest BCUT2D eigenvalue weighted by atomic mass is 19.2. The van der Waals surface area contributed by atoms with Crippen LogP contribution in [0.1, 0.15) is 42.7 Å². The maximum atomic E-state index is 13.3. The van der Waals surface area contributed by atoms with Gasteiger partial charge in [0, 0.05) is 12.5 Å². The van der Waals surface area contributed by atoms with Crippen molar-refractivity contribution in [2.75, 3.05) is 6.54 Å². The summed E-state index contributed by atoms with van der Waals surface area (Å²) < 4.78 is 26.2. The summed E-state index contributed by atoms with van der Waals surface area (Å²) in [5, 5.41) is 2.96. The molecule has 24 heavy (non-hydrogen) atoms. The van der Waals surface area contributed by atoms with Crippen LogP contribution >= 0.6 is 0 Å². The summed E-state index contributed by atoms with van der Waals surface area (Å²) in [6, 6.07) is 14.1. The lowest BCUT2D eigenvalue weighted by atomic mass is 9.98. The Morgan fingerprint density at radius 3 is 2.62 bits per heavy atom. The van der Waals surface area contributed by atoms with Crippen molar-refractivity contribution in [1.29, 1.82) is 0 Å². The first kappa shape index (κ1) is 16.6. The molecule has 0 saturated heterocycles. The predicted molar refractivity (Wildman–Crippen MR) is 89.7 cm³/mol. The van der Waals surface area contributed by atoms with Crippen LogP contribution in [0, 0.1) is 17.6 Å². The van der Waals surface area contributed by atoms with E-state index < -0.39 is 11.6 Å². The monoisotopic (exact) mass is 329 g/mol. The molecule has 2 aromatic rings. The second kappa shape index (κ2) is 7.12. The van der Waals surface area contributed by atoms with Gasteiger partial charge in [-0.3, -0.25) is 4.79 Å². The van der Waals surface area contributed by atoms with E-state index >= 15 is 0 Å². The summed E-state index contributed by atoms with van der Waals surface area (Å²) in [7, 11) is 0. The Morgan fingerprint density at radius 2 is 1.92 bits per heavy atom. The first-order chi connectivity index (χ1) is 11.6. The number of carbonyl (C=O) groups is 1. The number of rotatable bonds is 6. The van der Waals surface area contributed by atoms with E-state index in [1.165, 1.54) is 11.6 Å². The van der Waals surface area contributed by atoms with Crippen LogP contribution in [0.25, 0.3) is 0 Å². The van der Waals surface area contributed by atoms with E-state index in [1.807, 2.05) is 18.2 Å². The zero-order valence-electron chi connectivity index (χ0n) is 13.6. The third-order valence-electron chi connectivity index (χ3n) is 4.74. The third-order valence-corrected chi connectivity index (χ3v) is 4.74. The van der Waals surface area contributed by atoms with Crippen molar-refractivity contribution in [2.45, 2.75) is 31.6 Å². The number of halogens is 2. The van der Waals surface area contributed by atoms with E-state index in [-0.39, 0.29) is 17.7 Å². The van der Waals surface area contributed by atoms with E-state index in [4.69, 9.17) is 0 Å². The molecule has 4 heteroatoms. The Balaban J connectivity index is 1.46. The van der Waals surface area contributed by atoms with E-state index in [0.29, 0.717) is 24.4 Å². The molecule has 1 fully saturated rings. The van der Waals surface area contributed by atoms with Crippen molar-refractivity contribution in [3.8, 4) is 0 Å². The quantitative estimate of drug-likeness (QED) is 0.837.